The first-order chi connectivity index (χ1) is 10.1. The lowest BCUT2D eigenvalue weighted by Gasteiger charge is -2.10. The lowest BCUT2D eigenvalue weighted by Crippen LogP contribution is -2.27. The fraction of sp³-hybridized carbons (Fsp3) is 0.375. The van der Waals surface area contributed by atoms with Gasteiger partial charge in [-0.3, -0.25) is 9.78 Å². The zero-order chi connectivity index (χ0) is 15.2. The van der Waals surface area contributed by atoms with E-state index < -0.39 is 0 Å². The third-order valence-electron chi connectivity index (χ3n) is 3.34. The Kier molecular flexibility index (Phi) is 5.47. The number of rotatable bonds is 6. The highest BCUT2D eigenvalue weighted by Gasteiger charge is 2.12. The van der Waals surface area contributed by atoms with Gasteiger partial charge in [-0.05, 0) is 43.3 Å². The van der Waals surface area contributed by atoms with Crippen molar-refractivity contribution in [1.82, 2.24) is 10.3 Å². The smallest absolute Gasteiger partial charge is 0.253 e. The average Bonchev–Trinajstić information content (AvgIpc) is 3.00. The molecule has 5 heteroatoms. The molecule has 2 rings (SSSR count). The largest absolute Gasteiger partial charge is 0.393 e. The van der Waals surface area contributed by atoms with Crippen molar-refractivity contribution in [2.24, 2.45) is 0 Å². The zero-order valence-electron chi connectivity index (χ0n) is 12.3. The fourth-order valence-corrected chi connectivity index (χ4v) is 2.71. The monoisotopic (exact) mass is 304 g/mol. The molecule has 1 unspecified atom stereocenters. The number of hydrogen-bond acceptors (Lipinski definition) is 4. The minimum Gasteiger partial charge on any atom is -0.393 e. The molecule has 2 aromatic heterocycles. The van der Waals surface area contributed by atoms with Gasteiger partial charge >= 0.3 is 0 Å². The molecule has 0 fully saturated rings. The highest BCUT2D eigenvalue weighted by Crippen LogP contribution is 2.23. The van der Waals surface area contributed by atoms with Crippen LogP contribution in [0.2, 0.25) is 0 Å². The summed E-state index contributed by atoms with van der Waals surface area (Å²) in [4.78, 5) is 17.7. The predicted octanol–water partition coefficient (Wildman–Crippen LogP) is 3.01. The summed E-state index contributed by atoms with van der Waals surface area (Å²) >= 11 is 1.63. The molecule has 1 amide bonds. The van der Waals surface area contributed by atoms with Gasteiger partial charge in [0.2, 0.25) is 0 Å². The molecule has 1 atom stereocenters. The number of aryl methyl sites for hydroxylation is 1. The number of nitrogens with one attached hydrogen (secondary N) is 1. The molecule has 0 bridgehead atoms. The first kappa shape index (κ1) is 15.7. The minimum atomic E-state index is -0.356. The Morgan fingerprint density at radius 2 is 2.24 bits per heavy atom. The first-order valence-electron chi connectivity index (χ1n) is 7.09. The summed E-state index contributed by atoms with van der Waals surface area (Å²) in [7, 11) is 0. The predicted molar refractivity (Wildman–Crippen MR) is 85.5 cm³/mol. The Morgan fingerprint density at radius 3 is 2.86 bits per heavy atom. The normalized spacial score (nSPS) is 12.1. The lowest BCUT2D eigenvalue weighted by atomic mass is 10.1. The summed E-state index contributed by atoms with van der Waals surface area (Å²) < 4.78 is 0. The maximum Gasteiger partial charge on any atom is 0.253 e. The van der Waals surface area contributed by atoms with Crippen molar-refractivity contribution in [3.63, 3.8) is 0 Å². The van der Waals surface area contributed by atoms with Crippen molar-refractivity contribution in [3.05, 3.63) is 40.9 Å². The molecule has 0 aromatic carbocycles. The second kappa shape index (κ2) is 7.33. The van der Waals surface area contributed by atoms with Crippen LogP contribution in [0.15, 0.2) is 29.6 Å². The van der Waals surface area contributed by atoms with Gasteiger partial charge in [0.05, 0.1) is 27.9 Å². The van der Waals surface area contributed by atoms with Gasteiger partial charge in [-0.1, -0.05) is 13.0 Å². The number of carbonyl (C=O) groups excluding carboxylic acids is 1. The maximum atomic E-state index is 12.1. The van der Waals surface area contributed by atoms with Crippen LogP contribution in [-0.2, 0) is 0 Å². The number of nitrogens with zero attached hydrogens (tertiary/aromatic N) is 1. The topological polar surface area (TPSA) is 62.2 Å². The lowest BCUT2D eigenvalue weighted by molar-refractivity contribution is 0.0941. The highest BCUT2D eigenvalue weighted by atomic mass is 32.1. The Hall–Kier alpha value is -1.72. The standard InChI is InChI=1S/C16H20N2O2S/c1-3-12(19)8-9-17-16(20)13-6-7-14(18-11(13)2)15-5-4-10-21-15/h4-7,10,12,19H,3,8-9H2,1-2H3,(H,17,20). The van der Waals surface area contributed by atoms with E-state index >= 15 is 0 Å². The van der Waals surface area contributed by atoms with Crippen molar-refractivity contribution in [3.8, 4) is 10.6 Å². The molecule has 0 aliphatic carbocycles. The van der Waals surface area contributed by atoms with Gasteiger partial charge in [-0.25, -0.2) is 0 Å². The summed E-state index contributed by atoms with van der Waals surface area (Å²) in [5.41, 5.74) is 2.19. The number of aromatic nitrogens is 1. The molecule has 0 aliphatic heterocycles. The molecule has 0 saturated carbocycles. The van der Waals surface area contributed by atoms with Gasteiger partial charge in [0.15, 0.2) is 0 Å². The SMILES string of the molecule is CCC(O)CCNC(=O)c1ccc(-c2cccs2)nc1C. The number of aliphatic hydroxyl groups is 1. The van der Waals surface area contributed by atoms with Crippen molar-refractivity contribution in [2.75, 3.05) is 6.54 Å². The molecular formula is C16H20N2O2S. The summed E-state index contributed by atoms with van der Waals surface area (Å²) in [6.45, 7) is 4.23. The summed E-state index contributed by atoms with van der Waals surface area (Å²) in [5.74, 6) is -0.138. The van der Waals surface area contributed by atoms with Crippen LogP contribution >= 0.6 is 11.3 Å². The van der Waals surface area contributed by atoms with E-state index in [1.165, 1.54) is 0 Å². The van der Waals surface area contributed by atoms with E-state index in [4.69, 9.17) is 0 Å². The van der Waals surface area contributed by atoms with Crippen LogP contribution in [0.1, 0.15) is 35.8 Å². The maximum absolute atomic E-state index is 12.1. The zero-order valence-corrected chi connectivity index (χ0v) is 13.1. The van der Waals surface area contributed by atoms with Gasteiger partial charge in [-0.15, -0.1) is 11.3 Å². The number of amides is 1. The van der Waals surface area contributed by atoms with Gasteiger partial charge in [-0.2, -0.15) is 0 Å². The van der Waals surface area contributed by atoms with E-state index in [9.17, 15) is 9.90 Å². The molecule has 0 radical (unpaired) electrons. The van der Waals surface area contributed by atoms with E-state index in [1.807, 2.05) is 43.5 Å². The molecular weight excluding hydrogens is 284 g/mol. The molecule has 2 aromatic rings. The Balaban J connectivity index is 2.02. The molecule has 0 spiro atoms. The number of carbonyl (C=O) groups is 1. The third kappa shape index (κ3) is 4.12. The van der Waals surface area contributed by atoms with Crippen molar-refractivity contribution >= 4 is 17.2 Å². The van der Waals surface area contributed by atoms with Gasteiger partial charge in [0.1, 0.15) is 0 Å². The second-order valence-corrected chi connectivity index (χ2v) is 5.86. The molecule has 21 heavy (non-hydrogen) atoms. The Labute approximate surface area is 128 Å². The van der Waals surface area contributed by atoms with Crippen LogP contribution in [-0.4, -0.2) is 28.6 Å². The quantitative estimate of drug-likeness (QED) is 0.862. The number of hydrogen-bond donors (Lipinski definition) is 2. The second-order valence-electron chi connectivity index (χ2n) is 4.91. The van der Waals surface area contributed by atoms with E-state index in [-0.39, 0.29) is 12.0 Å². The van der Waals surface area contributed by atoms with Gasteiger partial charge in [0.25, 0.3) is 5.91 Å². The van der Waals surface area contributed by atoms with Crippen LogP contribution in [0.5, 0.6) is 0 Å². The van der Waals surface area contributed by atoms with Crippen LogP contribution in [0.25, 0.3) is 10.6 Å². The average molecular weight is 304 g/mol. The van der Waals surface area contributed by atoms with Crippen LogP contribution in [0.3, 0.4) is 0 Å². The van der Waals surface area contributed by atoms with E-state index in [1.54, 1.807) is 11.3 Å². The molecule has 0 saturated heterocycles. The number of thiophene rings is 1. The minimum absolute atomic E-state index is 0.138. The highest BCUT2D eigenvalue weighted by molar-refractivity contribution is 7.13. The fourth-order valence-electron chi connectivity index (χ4n) is 2.01. The molecule has 112 valence electrons. The summed E-state index contributed by atoms with van der Waals surface area (Å²) in [6.07, 6.45) is 0.916. The molecule has 4 nitrogen and oxygen atoms in total. The first-order valence-corrected chi connectivity index (χ1v) is 7.97. The van der Waals surface area contributed by atoms with Crippen molar-refractivity contribution in [2.45, 2.75) is 32.8 Å². The van der Waals surface area contributed by atoms with Crippen molar-refractivity contribution in [1.29, 1.82) is 0 Å². The van der Waals surface area contributed by atoms with Crippen LogP contribution in [0, 0.1) is 6.92 Å². The van der Waals surface area contributed by atoms with Crippen LogP contribution in [0.4, 0.5) is 0 Å². The van der Waals surface area contributed by atoms with Gasteiger partial charge in [0, 0.05) is 6.54 Å². The Bertz CT molecular complexity index is 596. The number of aliphatic hydroxyl groups excluding tert-OH is 1. The summed E-state index contributed by atoms with van der Waals surface area (Å²) in [5, 5.41) is 14.3. The molecule has 2 heterocycles. The van der Waals surface area contributed by atoms with E-state index in [0.717, 1.165) is 16.3 Å². The molecule has 2 N–H and O–H groups in total. The molecule has 0 aliphatic rings. The van der Waals surface area contributed by atoms with Gasteiger partial charge < -0.3 is 10.4 Å². The Morgan fingerprint density at radius 1 is 1.43 bits per heavy atom. The van der Waals surface area contributed by atoms with Crippen molar-refractivity contribution < 1.29 is 9.90 Å². The third-order valence-corrected chi connectivity index (χ3v) is 4.23. The summed E-state index contributed by atoms with van der Waals surface area (Å²) in [6, 6.07) is 7.67. The van der Waals surface area contributed by atoms with Crippen LogP contribution < -0.4 is 5.32 Å². The number of pyridine rings is 1. The van der Waals surface area contributed by atoms with E-state index in [0.29, 0.717) is 24.9 Å². The van der Waals surface area contributed by atoms with E-state index in [2.05, 4.69) is 10.3 Å².